The van der Waals surface area contributed by atoms with E-state index in [4.69, 9.17) is 9.73 Å². The molecule has 0 radical (unpaired) electrons. The quantitative estimate of drug-likeness (QED) is 0.355. The molecule has 186 valence electrons. The summed E-state index contributed by atoms with van der Waals surface area (Å²) in [6.45, 7) is 9.75. The number of carbonyl (C=O) groups is 2. The van der Waals surface area contributed by atoms with E-state index < -0.39 is 12.0 Å². The SMILES string of the molecule is C=CCOC(=O)C1=C(C)N=C2SC=C(CC(=O)N(C)C3CCCCC3)N2C1c1cc(C)ccc1C. The Morgan fingerprint density at radius 3 is 2.69 bits per heavy atom. The summed E-state index contributed by atoms with van der Waals surface area (Å²) in [6, 6.07) is 6.16. The normalized spacial score (nSPS) is 20.2. The van der Waals surface area contributed by atoms with Crippen LogP contribution < -0.4 is 0 Å². The van der Waals surface area contributed by atoms with Crippen LogP contribution in [0.25, 0.3) is 0 Å². The zero-order chi connectivity index (χ0) is 25.1. The lowest BCUT2D eigenvalue weighted by Crippen LogP contribution is -2.41. The molecule has 1 aromatic carbocycles. The highest BCUT2D eigenvalue weighted by molar-refractivity contribution is 8.16. The molecular weight excluding hydrogens is 458 g/mol. The summed E-state index contributed by atoms with van der Waals surface area (Å²) in [6.07, 6.45) is 7.58. The molecule has 1 aromatic rings. The third-order valence-corrected chi connectivity index (χ3v) is 8.02. The van der Waals surface area contributed by atoms with E-state index in [0.717, 1.165) is 40.4 Å². The highest BCUT2D eigenvalue weighted by Gasteiger charge is 2.42. The number of hydrogen-bond acceptors (Lipinski definition) is 6. The second-order valence-electron chi connectivity index (χ2n) is 9.61. The molecule has 1 amide bonds. The average molecular weight is 494 g/mol. The van der Waals surface area contributed by atoms with Crippen molar-refractivity contribution in [3.05, 3.63) is 69.9 Å². The molecule has 3 aliphatic rings. The van der Waals surface area contributed by atoms with Gasteiger partial charge in [0, 0.05) is 18.8 Å². The van der Waals surface area contributed by atoms with Gasteiger partial charge in [-0.25, -0.2) is 9.79 Å². The van der Waals surface area contributed by atoms with Gasteiger partial charge in [0.15, 0.2) is 5.17 Å². The number of aryl methyl sites for hydroxylation is 2. The topological polar surface area (TPSA) is 62.2 Å². The summed E-state index contributed by atoms with van der Waals surface area (Å²) >= 11 is 1.51. The Hall–Kier alpha value is -2.80. The fourth-order valence-corrected chi connectivity index (χ4v) is 6.11. The average Bonchev–Trinajstić information content (AvgIpc) is 3.25. The number of aliphatic imine (C=N–C) groups is 1. The van der Waals surface area contributed by atoms with Gasteiger partial charge in [0.2, 0.25) is 5.91 Å². The molecule has 4 rings (SSSR count). The van der Waals surface area contributed by atoms with Crippen LogP contribution in [0.4, 0.5) is 0 Å². The highest BCUT2D eigenvalue weighted by atomic mass is 32.2. The van der Waals surface area contributed by atoms with Gasteiger partial charge in [-0.2, -0.15) is 0 Å². The minimum atomic E-state index is -0.409. The second kappa shape index (κ2) is 10.9. The van der Waals surface area contributed by atoms with E-state index in [1.54, 1.807) is 6.08 Å². The number of carbonyl (C=O) groups excluding carboxylic acids is 2. The number of esters is 1. The Kier molecular flexibility index (Phi) is 7.85. The molecule has 0 bridgehead atoms. The van der Waals surface area contributed by atoms with Crippen molar-refractivity contribution in [2.24, 2.45) is 4.99 Å². The number of nitrogens with zero attached hydrogens (tertiary/aromatic N) is 3. The van der Waals surface area contributed by atoms with Crippen molar-refractivity contribution in [2.75, 3.05) is 13.7 Å². The summed E-state index contributed by atoms with van der Waals surface area (Å²) in [5.41, 5.74) is 5.22. The minimum absolute atomic E-state index is 0.103. The lowest BCUT2D eigenvalue weighted by Gasteiger charge is -2.38. The lowest BCUT2D eigenvalue weighted by atomic mass is 9.90. The fraction of sp³-hybridized carbons (Fsp3) is 0.464. The third-order valence-electron chi connectivity index (χ3n) is 7.13. The van der Waals surface area contributed by atoms with Crippen molar-refractivity contribution in [1.82, 2.24) is 9.80 Å². The van der Waals surface area contributed by atoms with Crippen LogP contribution in [0.15, 0.2) is 58.2 Å². The molecule has 0 spiro atoms. The first-order chi connectivity index (χ1) is 16.8. The van der Waals surface area contributed by atoms with Gasteiger partial charge in [0.25, 0.3) is 0 Å². The number of rotatable bonds is 7. The van der Waals surface area contributed by atoms with Crippen molar-refractivity contribution < 1.29 is 14.3 Å². The summed E-state index contributed by atoms with van der Waals surface area (Å²) < 4.78 is 5.49. The Labute approximate surface area is 212 Å². The van der Waals surface area contributed by atoms with Crippen molar-refractivity contribution >= 4 is 28.8 Å². The van der Waals surface area contributed by atoms with E-state index >= 15 is 0 Å². The standard InChI is InChI=1S/C28H35N3O3S/c1-6-14-34-27(33)25-20(4)29-28-31(26(25)23-15-18(2)12-13-19(23)3)22(17-35-28)16-24(32)30(5)21-10-8-7-9-11-21/h6,12-13,15,17,21,26H,1,7-11,14,16H2,2-5H3. The Morgan fingerprint density at radius 1 is 1.23 bits per heavy atom. The monoisotopic (exact) mass is 493 g/mol. The summed E-state index contributed by atoms with van der Waals surface area (Å²) in [7, 11) is 1.93. The number of thioether (sulfide) groups is 1. The van der Waals surface area contributed by atoms with Gasteiger partial charge in [-0.05, 0) is 50.1 Å². The van der Waals surface area contributed by atoms with Crippen molar-refractivity contribution in [2.45, 2.75) is 71.4 Å². The minimum Gasteiger partial charge on any atom is -0.458 e. The maximum atomic E-state index is 13.4. The molecule has 1 fully saturated rings. The largest absolute Gasteiger partial charge is 0.458 e. The second-order valence-corrected chi connectivity index (χ2v) is 10.5. The number of amidine groups is 1. The first-order valence-electron chi connectivity index (χ1n) is 12.4. The van der Waals surface area contributed by atoms with Gasteiger partial charge in [-0.3, -0.25) is 4.79 Å². The molecule has 0 N–H and O–H groups in total. The predicted octanol–water partition coefficient (Wildman–Crippen LogP) is 5.79. The molecule has 1 aliphatic carbocycles. The van der Waals surface area contributed by atoms with Crippen LogP contribution in [0.2, 0.25) is 0 Å². The Morgan fingerprint density at radius 2 is 1.97 bits per heavy atom. The van der Waals surface area contributed by atoms with Crippen LogP contribution in [-0.4, -0.2) is 46.5 Å². The zero-order valence-electron chi connectivity index (χ0n) is 21.2. The molecule has 1 saturated carbocycles. The van der Waals surface area contributed by atoms with Crippen molar-refractivity contribution in [3.8, 4) is 0 Å². The first kappa shape index (κ1) is 25.3. The van der Waals surface area contributed by atoms with Gasteiger partial charge >= 0.3 is 5.97 Å². The molecule has 35 heavy (non-hydrogen) atoms. The lowest BCUT2D eigenvalue weighted by molar-refractivity contribution is -0.138. The van der Waals surface area contributed by atoms with Gasteiger partial charge in [0.1, 0.15) is 6.61 Å². The number of hydrogen-bond donors (Lipinski definition) is 0. The number of amides is 1. The van der Waals surface area contributed by atoms with Gasteiger partial charge in [0.05, 0.1) is 23.7 Å². The smallest absolute Gasteiger partial charge is 0.338 e. The van der Waals surface area contributed by atoms with Gasteiger partial charge < -0.3 is 14.5 Å². The summed E-state index contributed by atoms with van der Waals surface area (Å²) in [5, 5.41) is 2.80. The van der Waals surface area contributed by atoms with E-state index in [-0.39, 0.29) is 18.9 Å². The molecular formula is C28H35N3O3S. The maximum Gasteiger partial charge on any atom is 0.338 e. The van der Waals surface area contributed by atoms with Crippen LogP contribution >= 0.6 is 11.8 Å². The molecule has 6 nitrogen and oxygen atoms in total. The van der Waals surface area contributed by atoms with Crippen LogP contribution in [0.1, 0.15) is 68.2 Å². The predicted molar refractivity (Wildman–Crippen MR) is 142 cm³/mol. The number of fused-ring (bicyclic) bond motifs is 1. The zero-order valence-corrected chi connectivity index (χ0v) is 22.0. The Bertz CT molecular complexity index is 1110. The highest BCUT2D eigenvalue weighted by Crippen LogP contribution is 2.46. The fourth-order valence-electron chi connectivity index (χ4n) is 5.14. The molecule has 1 unspecified atom stereocenters. The first-order valence-corrected chi connectivity index (χ1v) is 13.2. The van der Waals surface area contributed by atoms with Crippen LogP contribution in [0.3, 0.4) is 0 Å². The molecule has 0 aromatic heterocycles. The summed E-state index contributed by atoms with van der Waals surface area (Å²) in [4.78, 5) is 35.4. The third kappa shape index (κ3) is 5.25. The number of allylic oxidation sites excluding steroid dienone is 1. The van der Waals surface area contributed by atoms with Crippen LogP contribution in [-0.2, 0) is 14.3 Å². The van der Waals surface area contributed by atoms with Crippen molar-refractivity contribution in [3.63, 3.8) is 0 Å². The van der Waals surface area contributed by atoms with Gasteiger partial charge in [-0.15, -0.1) is 0 Å². The number of ether oxygens (including phenoxy) is 1. The number of benzene rings is 1. The molecule has 1 atom stereocenters. The molecule has 2 heterocycles. The molecule has 0 saturated heterocycles. The molecule has 2 aliphatic heterocycles. The summed E-state index contributed by atoms with van der Waals surface area (Å²) in [5.74, 6) is -0.301. The molecule has 7 heteroatoms. The van der Waals surface area contributed by atoms with Crippen molar-refractivity contribution in [1.29, 1.82) is 0 Å². The maximum absolute atomic E-state index is 13.4. The van der Waals surface area contributed by atoms with E-state index in [1.165, 1.54) is 31.0 Å². The van der Waals surface area contributed by atoms with E-state index in [1.807, 2.05) is 31.2 Å². The van der Waals surface area contributed by atoms with E-state index in [9.17, 15) is 9.59 Å². The van der Waals surface area contributed by atoms with Crippen LogP contribution in [0, 0.1) is 13.8 Å². The van der Waals surface area contributed by atoms with E-state index in [2.05, 4.69) is 36.6 Å². The Balaban J connectivity index is 1.69. The van der Waals surface area contributed by atoms with Gasteiger partial charge in [-0.1, -0.05) is 67.4 Å². The van der Waals surface area contributed by atoms with E-state index in [0.29, 0.717) is 17.3 Å². The van der Waals surface area contributed by atoms with Crippen LogP contribution in [0.5, 0.6) is 0 Å².